The fourth-order valence-corrected chi connectivity index (χ4v) is 3.17. The molecular formula is C16H14ClN3OS. The number of aryl methyl sites for hydroxylation is 1. The van der Waals surface area contributed by atoms with Crippen LogP contribution in [-0.4, -0.2) is 15.7 Å². The van der Waals surface area contributed by atoms with Crippen LogP contribution in [0.2, 0.25) is 5.02 Å². The monoisotopic (exact) mass is 331 g/mol. The van der Waals surface area contributed by atoms with E-state index in [1.165, 1.54) is 0 Å². The molecule has 1 amide bonds. The molecule has 0 aliphatic heterocycles. The van der Waals surface area contributed by atoms with Gasteiger partial charge in [0.2, 0.25) is 0 Å². The maximum Gasteiger partial charge on any atom is 0.253 e. The molecule has 0 aliphatic carbocycles. The molecule has 112 valence electrons. The van der Waals surface area contributed by atoms with Crippen LogP contribution in [0, 0.1) is 0 Å². The maximum atomic E-state index is 12.1. The lowest BCUT2D eigenvalue weighted by molar-refractivity contribution is 0.0950. The minimum atomic E-state index is -0.200. The number of carbonyl (C=O) groups excluding carboxylic acids is 1. The number of thiophene rings is 1. The van der Waals surface area contributed by atoms with Gasteiger partial charge in [-0.15, -0.1) is 11.3 Å². The summed E-state index contributed by atoms with van der Waals surface area (Å²) in [5.41, 5.74) is 2.32. The van der Waals surface area contributed by atoms with E-state index in [2.05, 4.69) is 10.4 Å². The average Bonchev–Trinajstić information content (AvgIpc) is 3.14. The van der Waals surface area contributed by atoms with Crippen LogP contribution in [-0.2, 0) is 13.6 Å². The van der Waals surface area contributed by atoms with Gasteiger partial charge in [0.15, 0.2) is 0 Å². The highest BCUT2D eigenvalue weighted by atomic mass is 35.5. The third-order valence-corrected chi connectivity index (χ3v) is 4.47. The van der Waals surface area contributed by atoms with Gasteiger partial charge in [-0.2, -0.15) is 5.10 Å². The molecule has 0 radical (unpaired) electrons. The molecule has 0 spiro atoms. The summed E-state index contributed by atoms with van der Waals surface area (Å²) < 4.78 is 1.82. The molecular weight excluding hydrogens is 318 g/mol. The van der Waals surface area contributed by atoms with Gasteiger partial charge in [0.25, 0.3) is 5.91 Å². The maximum absolute atomic E-state index is 12.1. The van der Waals surface area contributed by atoms with Crippen LogP contribution in [0.3, 0.4) is 0 Å². The lowest BCUT2D eigenvalue weighted by Crippen LogP contribution is -2.23. The third kappa shape index (κ3) is 3.05. The Morgan fingerprint density at radius 3 is 2.86 bits per heavy atom. The van der Waals surface area contributed by atoms with Crippen molar-refractivity contribution >= 4 is 28.8 Å². The summed E-state index contributed by atoms with van der Waals surface area (Å²) in [5, 5.41) is 9.75. The molecule has 0 atom stereocenters. The second-order valence-electron chi connectivity index (χ2n) is 4.78. The van der Waals surface area contributed by atoms with E-state index in [1.807, 2.05) is 35.3 Å². The summed E-state index contributed by atoms with van der Waals surface area (Å²) in [7, 11) is 1.90. The Hall–Kier alpha value is -2.11. The number of rotatable bonds is 4. The van der Waals surface area contributed by atoms with Crippen LogP contribution >= 0.6 is 22.9 Å². The van der Waals surface area contributed by atoms with Crippen molar-refractivity contribution in [3.8, 4) is 10.6 Å². The van der Waals surface area contributed by atoms with Crippen LogP contribution in [0.1, 0.15) is 16.1 Å². The van der Waals surface area contributed by atoms with Crippen molar-refractivity contribution in [2.45, 2.75) is 6.54 Å². The standard InChI is InChI=1S/C16H14ClN3OS/c1-20-14(15-7-4-8-22-15)9-11(19-20)10-18-16(21)12-5-2-3-6-13(12)17/h2-9H,10H2,1H3,(H,18,21). The van der Waals surface area contributed by atoms with Crippen LogP contribution in [0.4, 0.5) is 0 Å². The van der Waals surface area contributed by atoms with Gasteiger partial charge in [-0.1, -0.05) is 29.8 Å². The van der Waals surface area contributed by atoms with Crippen molar-refractivity contribution in [1.82, 2.24) is 15.1 Å². The van der Waals surface area contributed by atoms with Gasteiger partial charge in [-0.25, -0.2) is 0 Å². The molecule has 6 heteroatoms. The molecule has 2 heterocycles. The van der Waals surface area contributed by atoms with Gasteiger partial charge < -0.3 is 5.32 Å². The smallest absolute Gasteiger partial charge is 0.253 e. The number of aromatic nitrogens is 2. The first kappa shape index (κ1) is 14.8. The second kappa shape index (κ2) is 6.34. The van der Waals surface area contributed by atoms with E-state index in [1.54, 1.807) is 35.6 Å². The Labute approximate surface area is 137 Å². The van der Waals surface area contributed by atoms with Crippen LogP contribution in [0.15, 0.2) is 47.8 Å². The number of amides is 1. The molecule has 4 nitrogen and oxygen atoms in total. The van der Waals surface area contributed by atoms with Crippen molar-refractivity contribution in [2.75, 3.05) is 0 Å². The van der Waals surface area contributed by atoms with Crippen LogP contribution < -0.4 is 5.32 Å². The van der Waals surface area contributed by atoms with E-state index < -0.39 is 0 Å². The summed E-state index contributed by atoms with van der Waals surface area (Å²) in [6, 6.07) is 13.0. The molecule has 3 rings (SSSR count). The van der Waals surface area contributed by atoms with Crippen molar-refractivity contribution in [1.29, 1.82) is 0 Å². The number of hydrogen-bond donors (Lipinski definition) is 1. The van der Waals surface area contributed by atoms with Crippen LogP contribution in [0.25, 0.3) is 10.6 Å². The minimum Gasteiger partial charge on any atom is -0.346 e. The van der Waals surface area contributed by atoms with E-state index in [-0.39, 0.29) is 5.91 Å². The Kier molecular flexibility index (Phi) is 4.27. The summed E-state index contributed by atoms with van der Waals surface area (Å²) >= 11 is 7.68. The zero-order chi connectivity index (χ0) is 15.5. The molecule has 0 aliphatic rings. The summed E-state index contributed by atoms with van der Waals surface area (Å²) in [5.74, 6) is -0.200. The summed E-state index contributed by atoms with van der Waals surface area (Å²) in [6.45, 7) is 0.364. The molecule has 0 saturated carbocycles. The number of carbonyl (C=O) groups is 1. The molecule has 0 bridgehead atoms. The fraction of sp³-hybridized carbons (Fsp3) is 0.125. The molecule has 0 saturated heterocycles. The van der Waals surface area contributed by atoms with Crippen molar-refractivity contribution in [2.24, 2.45) is 7.05 Å². The van der Waals surface area contributed by atoms with E-state index in [0.717, 1.165) is 16.3 Å². The molecule has 0 unspecified atom stereocenters. The lowest BCUT2D eigenvalue weighted by Gasteiger charge is -2.04. The highest BCUT2D eigenvalue weighted by molar-refractivity contribution is 7.13. The zero-order valence-electron chi connectivity index (χ0n) is 11.9. The predicted octanol–water partition coefficient (Wildman–Crippen LogP) is 3.73. The van der Waals surface area contributed by atoms with Gasteiger partial charge in [0.05, 0.1) is 33.4 Å². The fourth-order valence-electron chi connectivity index (χ4n) is 2.18. The zero-order valence-corrected chi connectivity index (χ0v) is 13.5. The number of benzene rings is 1. The number of halogens is 1. The number of nitrogens with one attached hydrogen (secondary N) is 1. The SMILES string of the molecule is Cn1nc(CNC(=O)c2ccccc2Cl)cc1-c1cccs1. The first-order chi connectivity index (χ1) is 10.6. The third-order valence-electron chi connectivity index (χ3n) is 3.25. The first-order valence-electron chi connectivity index (χ1n) is 6.74. The molecule has 1 N–H and O–H groups in total. The Morgan fingerprint density at radius 1 is 1.32 bits per heavy atom. The Bertz CT molecular complexity index is 796. The predicted molar refractivity (Wildman–Crippen MR) is 89.1 cm³/mol. The first-order valence-corrected chi connectivity index (χ1v) is 8.00. The molecule has 2 aromatic heterocycles. The lowest BCUT2D eigenvalue weighted by atomic mass is 10.2. The number of hydrogen-bond acceptors (Lipinski definition) is 3. The van der Waals surface area contributed by atoms with Crippen molar-refractivity contribution < 1.29 is 4.79 Å². The normalized spacial score (nSPS) is 10.6. The summed E-state index contributed by atoms with van der Waals surface area (Å²) in [4.78, 5) is 13.3. The van der Waals surface area contributed by atoms with Gasteiger partial charge >= 0.3 is 0 Å². The van der Waals surface area contributed by atoms with E-state index in [9.17, 15) is 4.79 Å². The highest BCUT2D eigenvalue weighted by Crippen LogP contribution is 2.24. The van der Waals surface area contributed by atoms with E-state index in [0.29, 0.717) is 17.1 Å². The highest BCUT2D eigenvalue weighted by Gasteiger charge is 2.12. The quantitative estimate of drug-likeness (QED) is 0.791. The molecule has 1 aromatic carbocycles. The van der Waals surface area contributed by atoms with Crippen LogP contribution in [0.5, 0.6) is 0 Å². The van der Waals surface area contributed by atoms with Crippen molar-refractivity contribution in [3.63, 3.8) is 0 Å². The Morgan fingerprint density at radius 2 is 2.14 bits per heavy atom. The topological polar surface area (TPSA) is 46.9 Å². The molecule has 22 heavy (non-hydrogen) atoms. The minimum absolute atomic E-state index is 0.200. The molecule has 3 aromatic rings. The number of nitrogens with zero attached hydrogens (tertiary/aromatic N) is 2. The second-order valence-corrected chi connectivity index (χ2v) is 6.14. The van der Waals surface area contributed by atoms with E-state index in [4.69, 9.17) is 11.6 Å². The van der Waals surface area contributed by atoms with Crippen molar-refractivity contribution in [3.05, 3.63) is 64.1 Å². The van der Waals surface area contributed by atoms with Gasteiger partial charge in [-0.05, 0) is 29.6 Å². The largest absolute Gasteiger partial charge is 0.346 e. The van der Waals surface area contributed by atoms with E-state index >= 15 is 0 Å². The molecule has 0 fully saturated rings. The van der Waals surface area contributed by atoms with Gasteiger partial charge in [0, 0.05) is 7.05 Å². The van der Waals surface area contributed by atoms with Gasteiger partial charge in [-0.3, -0.25) is 9.48 Å². The Balaban J connectivity index is 1.71. The van der Waals surface area contributed by atoms with Gasteiger partial charge in [0.1, 0.15) is 0 Å². The average molecular weight is 332 g/mol. The summed E-state index contributed by atoms with van der Waals surface area (Å²) in [6.07, 6.45) is 0.